The lowest BCUT2D eigenvalue weighted by Crippen LogP contribution is -2.33. The first kappa shape index (κ1) is 19.0. The molecule has 4 rings (SSSR count). The van der Waals surface area contributed by atoms with E-state index < -0.39 is 29.0 Å². The summed E-state index contributed by atoms with van der Waals surface area (Å²) in [5, 5.41) is 5.24. The van der Waals surface area contributed by atoms with Gasteiger partial charge in [0.1, 0.15) is 23.1 Å². The molecule has 2 amide bonds. The first-order valence-corrected chi connectivity index (χ1v) is 9.16. The maximum absolute atomic E-state index is 13.9. The monoisotopic (exact) mass is 400 g/mol. The summed E-state index contributed by atoms with van der Waals surface area (Å²) in [4.78, 5) is 29.2. The molecule has 1 aliphatic rings. The molecule has 0 spiro atoms. The van der Waals surface area contributed by atoms with E-state index in [2.05, 4.69) is 15.6 Å². The second-order valence-corrected chi connectivity index (χ2v) is 6.68. The lowest BCUT2D eigenvalue weighted by Gasteiger charge is -2.18. The molecule has 3 aromatic rings. The Morgan fingerprint density at radius 1 is 1.14 bits per heavy atom. The molecule has 1 saturated heterocycles. The van der Waals surface area contributed by atoms with Gasteiger partial charge in [-0.25, -0.2) is 18.4 Å². The molecule has 1 fully saturated rings. The van der Waals surface area contributed by atoms with Gasteiger partial charge in [0.15, 0.2) is 0 Å². The third-order valence-corrected chi connectivity index (χ3v) is 4.72. The van der Waals surface area contributed by atoms with E-state index in [1.807, 2.05) is 0 Å². The number of benzene rings is 2. The molecule has 29 heavy (non-hydrogen) atoms. The third kappa shape index (κ3) is 3.95. The van der Waals surface area contributed by atoms with Crippen molar-refractivity contribution < 1.29 is 18.3 Å². The van der Waals surface area contributed by atoms with Crippen LogP contribution in [0, 0.1) is 11.6 Å². The zero-order valence-corrected chi connectivity index (χ0v) is 15.3. The van der Waals surface area contributed by atoms with Gasteiger partial charge >= 0.3 is 11.7 Å². The number of urea groups is 1. The van der Waals surface area contributed by atoms with Crippen molar-refractivity contribution in [2.75, 3.05) is 17.2 Å². The van der Waals surface area contributed by atoms with Gasteiger partial charge < -0.3 is 10.1 Å². The number of nitrogens with zero attached hydrogens (tertiary/aromatic N) is 2. The minimum absolute atomic E-state index is 0.178. The van der Waals surface area contributed by atoms with Gasteiger partial charge in [0.05, 0.1) is 18.2 Å². The molecule has 9 heteroatoms. The Balaban J connectivity index is 1.70. The van der Waals surface area contributed by atoms with Crippen LogP contribution >= 0.6 is 0 Å². The molecule has 150 valence electrons. The van der Waals surface area contributed by atoms with Gasteiger partial charge in [0, 0.05) is 12.0 Å². The molecule has 0 bridgehead atoms. The smallest absolute Gasteiger partial charge is 0.349 e. The number of halogens is 2. The van der Waals surface area contributed by atoms with E-state index in [0.717, 1.165) is 25.0 Å². The number of carbonyl (C=O) groups is 1. The standard InChI is InChI=1S/C20H18F2N4O3/c21-14-7-3-8-15(22)17(14)24-19(27)25-18-13-6-1-2-9-16(13)23-20(28)26(18)11-12-5-4-10-29-12/h1-3,6-9,12H,4-5,10-11H2,(H2,24,25,27). The lowest BCUT2D eigenvalue weighted by molar-refractivity contribution is 0.0964. The summed E-state index contributed by atoms with van der Waals surface area (Å²) in [6.07, 6.45) is 1.49. The fourth-order valence-corrected chi connectivity index (χ4v) is 3.34. The predicted octanol–water partition coefficient (Wildman–Crippen LogP) is 3.50. The topological polar surface area (TPSA) is 85.3 Å². The molecule has 1 unspecified atom stereocenters. The molecule has 0 aliphatic carbocycles. The van der Waals surface area contributed by atoms with Crippen molar-refractivity contribution in [1.29, 1.82) is 0 Å². The van der Waals surface area contributed by atoms with Crippen molar-refractivity contribution in [3.63, 3.8) is 0 Å². The van der Waals surface area contributed by atoms with Crippen LogP contribution in [0.1, 0.15) is 12.8 Å². The maximum atomic E-state index is 13.9. The third-order valence-electron chi connectivity index (χ3n) is 4.72. The van der Waals surface area contributed by atoms with Gasteiger partial charge in [0.2, 0.25) is 0 Å². The first-order chi connectivity index (χ1) is 14.0. The highest BCUT2D eigenvalue weighted by Crippen LogP contribution is 2.23. The van der Waals surface area contributed by atoms with Crippen LogP contribution in [0.4, 0.5) is 25.1 Å². The Hall–Kier alpha value is -3.33. The molecule has 0 radical (unpaired) electrons. The number of hydrogen-bond donors (Lipinski definition) is 2. The van der Waals surface area contributed by atoms with Crippen molar-refractivity contribution in [2.24, 2.45) is 0 Å². The molecule has 2 aromatic carbocycles. The fraction of sp³-hybridized carbons (Fsp3) is 0.250. The molecule has 2 heterocycles. The number of para-hydroxylation sites is 2. The number of amides is 2. The van der Waals surface area contributed by atoms with Crippen LogP contribution in [0.15, 0.2) is 47.3 Å². The van der Waals surface area contributed by atoms with E-state index in [-0.39, 0.29) is 18.5 Å². The van der Waals surface area contributed by atoms with Gasteiger partial charge in [-0.3, -0.25) is 9.88 Å². The fourth-order valence-electron chi connectivity index (χ4n) is 3.34. The van der Waals surface area contributed by atoms with Crippen LogP contribution < -0.4 is 16.3 Å². The molecule has 1 aromatic heterocycles. The molecule has 7 nitrogen and oxygen atoms in total. The SMILES string of the molecule is O=C(Nc1c(F)cccc1F)Nc1c2ccccc2nc(=O)n1CC1CCCO1. The van der Waals surface area contributed by atoms with Crippen molar-refractivity contribution >= 4 is 28.4 Å². The summed E-state index contributed by atoms with van der Waals surface area (Å²) in [5.41, 5.74) is -0.726. The zero-order chi connectivity index (χ0) is 20.4. The average molecular weight is 400 g/mol. The largest absolute Gasteiger partial charge is 0.376 e. The second-order valence-electron chi connectivity index (χ2n) is 6.68. The highest BCUT2D eigenvalue weighted by molar-refractivity contribution is 6.04. The van der Waals surface area contributed by atoms with Crippen molar-refractivity contribution in [2.45, 2.75) is 25.5 Å². The van der Waals surface area contributed by atoms with Gasteiger partial charge in [0.25, 0.3) is 0 Å². The molecular weight excluding hydrogens is 382 g/mol. The second kappa shape index (κ2) is 7.96. The molecule has 1 atom stereocenters. The van der Waals surface area contributed by atoms with E-state index in [0.29, 0.717) is 17.5 Å². The summed E-state index contributed by atoms with van der Waals surface area (Å²) in [5.74, 6) is -1.63. The quantitative estimate of drug-likeness (QED) is 0.702. The Bertz CT molecular complexity index is 1110. The number of fused-ring (bicyclic) bond motifs is 1. The van der Waals surface area contributed by atoms with Crippen LogP contribution in [0.3, 0.4) is 0 Å². The predicted molar refractivity (Wildman–Crippen MR) is 104 cm³/mol. The van der Waals surface area contributed by atoms with E-state index >= 15 is 0 Å². The Kier molecular flexibility index (Phi) is 5.22. The van der Waals surface area contributed by atoms with Crippen LogP contribution in [0.25, 0.3) is 10.9 Å². The van der Waals surface area contributed by atoms with Gasteiger partial charge in [-0.2, -0.15) is 4.98 Å². The van der Waals surface area contributed by atoms with E-state index in [4.69, 9.17) is 4.74 Å². The number of ether oxygens (including phenoxy) is 1. The van der Waals surface area contributed by atoms with Crippen molar-refractivity contribution in [3.05, 3.63) is 64.6 Å². The summed E-state index contributed by atoms with van der Waals surface area (Å²) in [7, 11) is 0. The van der Waals surface area contributed by atoms with E-state index in [1.165, 1.54) is 10.6 Å². The molecule has 2 N–H and O–H groups in total. The van der Waals surface area contributed by atoms with Crippen LogP contribution in [-0.4, -0.2) is 28.3 Å². The highest BCUT2D eigenvalue weighted by atomic mass is 19.1. The Morgan fingerprint density at radius 2 is 1.90 bits per heavy atom. The van der Waals surface area contributed by atoms with Gasteiger partial charge in [-0.15, -0.1) is 0 Å². The number of aromatic nitrogens is 2. The van der Waals surface area contributed by atoms with Gasteiger partial charge in [-0.05, 0) is 37.1 Å². The first-order valence-electron chi connectivity index (χ1n) is 9.16. The van der Waals surface area contributed by atoms with Crippen molar-refractivity contribution in [3.8, 4) is 0 Å². The zero-order valence-electron chi connectivity index (χ0n) is 15.3. The molecule has 0 saturated carbocycles. The van der Waals surface area contributed by atoms with Crippen LogP contribution in [0.2, 0.25) is 0 Å². The van der Waals surface area contributed by atoms with E-state index in [1.54, 1.807) is 24.3 Å². The normalized spacial score (nSPS) is 16.1. The number of rotatable bonds is 4. The summed E-state index contributed by atoms with van der Waals surface area (Å²) >= 11 is 0. The minimum Gasteiger partial charge on any atom is -0.376 e. The van der Waals surface area contributed by atoms with E-state index in [9.17, 15) is 18.4 Å². The number of anilines is 2. The minimum atomic E-state index is -0.906. The van der Waals surface area contributed by atoms with Crippen molar-refractivity contribution in [1.82, 2.24) is 9.55 Å². The maximum Gasteiger partial charge on any atom is 0.349 e. The number of nitrogens with one attached hydrogen (secondary N) is 2. The highest BCUT2D eigenvalue weighted by Gasteiger charge is 2.21. The number of carbonyl (C=O) groups excluding carboxylic acids is 1. The average Bonchev–Trinajstić information content (AvgIpc) is 3.21. The van der Waals surface area contributed by atoms with Crippen LogP contribution in [-0.2, 0) is 11.3 Å². The Labute approximate surface area is 164 Å². The van der Waals surface area contributed by atoms with Crippen LogP contribution in [0.5, 0.6) is 0 Å². The molecular formula is C20H18F2N4O3. The lowest BCUT2D eigenvalue weighted by atomic mass is 10.2. The summed E-state index contributed by atoms with van der Waals surface area (Å²) in [6, 6.07) is 9.19. The van der Waals surface area contributed by atoms with Gasteiger partial charge in [-0.1, -0.05) is 18.2 Å². The number of hydrogen-bond acceptors (Lipinski definition) is 4. The Morgan fingerprint density at radius 3 is 2.62 bits per heavy atom. The summed E-state index contributed by atoms with van der Waals surface area (Å²) < 4.78 is 34.6. The summed E-state index contributed by atoms with van der Waals surface area (Å²) in [6.45, 7) is 0.816. The molecule has 1 aliphatic heterocycles.